The van der Waals surface area contributed by atoms with Gasteiger partial charge in [-0.1, -0.05) is 11.6 Å². The van der Waals surface area contributed by atoms with Crippen LogP contribution >= 0.6 is 0 Å². The number of carbonyl (C=O) groups is 1. The van der Waals surface area contributed by atoms with E-state index in [1.54, 1.807) is 0 Å². The van der Waals surface area contributed by atoms with E-state index < -0.39 is 5.92 Å². The zero-order valence-corrected chi connectivity index (χ0v) is 8.56. The van der Waals surface area contributed by atoms with Gasteiger partial charge in [-0.15, -0.1) is 0 Å². The normalized spacial score (nSPS) is 24.5. The summed E-state index contributed by atoms with van der Waals surface area (Å²) in [7, 11) is 0. The molecule has 0 heterocycles. The van der Waals surface area contributed by atoms with Crippen molar-refractivity contribution in [2.75, 3.05) is 0 Å². The molecule has 4 heteroatoms. The molecule has 0 spiro atoms. The molecule has 1 N–H and O–H groups in total. The van der Waals surface area contributed by atoms with Crippen molar-refractivity contribution >= 4 is 5.91 Å². The molecule has 0 unspecified atom stereocenters. The van der Waals surface area contributed by atoms with E-state index in [0.717, 1.165) is 18.4 Å². The molecule has 0 aromatic rings. The van der Waals surface area contributed by atoms with Crippen LogP contribution in [-0.2, 0) is 4.79 Å². The summed E-state index contributed by atoms with van der Waals surface area (Å²) in [6.45, 7) is 0. The molecular formula is C11H15F2NO. The maximum atomic E-state index is 12.8. The lowest BCUT2D eigenvalue weighted by Gasteiger charge is -2.21. The van der Waals surface area contributed by atoms with E-state index in [1.807, 2.05) is 0 Å². The van der Waals surface area contributed by atoms with Crippen LogP contribution in [0, 0.1) is 0 Å². The summed E-state index contributed by atoms with van der Waals surface area (Å²) >= 11 is 0. The van der Waals surface area contributed by atoms with Crippen LogP contribution in [0.4, 0.5) is 8.78 Å². The first-order valence-corrected chi connectivity index (χ1v) is 5.40. The van der Waals surface area contributed by atoms with Crippen molar-refractivity contribution in [3.05, 3.63) is 11.6 Å². The molecule has 1 fully saturated rings. The Labute approximate surface area is 87.7 Å². The van der Waals surface area contributed by atoms with Gasteiger partial charge in [0.15, 0.2) is 0 Å². The highest BCUT2D eigenvalue weighted by molar-refractivity contribution is 5.79. The van der Waals surface area contributed by atoms with Gasteiger partial charge in [0.2, 0.25) is 5.91 Å². The van der Waals surface area contributed by atoms with Gasteiger partial charge in [-0.2, -0.15) is 0 Å². The minimum Gasteiger partial charge on any atom is -0.353 e. The molecule has 0 bridgehead atoms. The van der Waals surface area contributed by atoms with E-state index in [4.69, 9.17) is 0 Å². The van der Waals surface area contributed by atoms with E-state index in [-0.39, 0.29) is 18.7 Å². The second-order valence-electron chi connectivity index (χ2n) is 4.44. The summed E-state index contributed by atoms with van der Waals surface area (Å²) < 4.78 is 25.6. The van der Waals surface area contributed by atoms with E-state index >= 15 is 0 Å². The Kier molecular flexibility index (Phi) is 2.76. The van der Waals surface area contributed by atoms with Crippen LogP contribution in [0.3, 0.4) is 0 Å². The van der Waals surface area contributed by atoms with E-state index in [0.29, 0.717) is 18.9 Å². The monoisotopic (exact) mass is 215 g/mol. The highest BCUT2D eigenvalue weighted by Crippen LogP contribution is 2.33. The van der Waals surface area contributed by atoms with Gasteiger partial charge in [0, 0.05) is 25.3 Å². The quantitative estimate of drug-likeness (QED) is 0.719. The zero-order chi connectivity index (χ0) is 10.9. The van der Waals surface area contributed by atoms with Crippen molar-refractivity contribution in [3.8, 4) is 0 Å². The molecular weight excluding hydrogens is 200 g/mol. The Bertz CT molecular complexity index is 295. The fourth-order valence-corrected chi connectivity index (χ4v) is 1.71. The van der Waals surface area contributed by atoms with Crippen molar-refractivity contribution < 1.29 is 13.6 Å². The Morgan fingerprint density at radius 3 is 2.80 bits per heavy atom. The van der Waals surface area contributed by atoms with Crippen molar-refractivity contribution in [1.29, 1.82) is 0 Å². The second-order valence-corrected chi connectivity index (χ2v) is 4.44. The number of amides is 1. The first-order valence-electron chi connectivity index (χ1n) is 5.40. The molecule has 0 atom stereocenters. The van der Waals surface area contributed by atoms with Crippen LogP contribution < -0.4 is 5.32 Å². The van der Waals surface area contributed by atoms with Crippen molar-refractivity contribution in [2.45, 2.75) is 50.5 Å². The molecule has 0 saturated heterocycles. The van der Waals surface area contributed by atoms with Crippen LogP contribution in [0.25, 0.3) is 0 Å². The van der Waals surface area contributed by atoms with Crippen LogP contribution in [0.15, 0.2) is 11.6 Å². The van der Waals surface area contributed by atoms with Gasteiger partial charge < -0.3 is 5.32 Å². The summed E-state index contributed by atoms with van der Waals surface area (Å²) in [4.78, 5) is 11.4. The first kappa shape index (κ1) is 10.6. The van der Waals surface area contributed by atoms with Gasteiger partial charge in [0.1, 0.15) is 0 Å². The Morgan fingerprint density at radius 2 is 2.27 bits per heavy atom. The van der Waals surface area contributed by atoms with Crippen molar-refractivity contribution in [1.82, 2.24) is 5.32 Å². The molecule has 0 radical (unpaired) electrons. The number of nitrogens with one attached hydrogen (secondary N) is 1. The number of hydrogen-bond donors (Lipinski definition) is 1. The fourth-order valence-electron chi connectivity index (χ4n) is 1.71. The van der Waals surface area contributed by atoms with Gasteiger partial charge in [0.25, 0.3) is 5.92 Å². The average molecular weight is 215 g/mol. The number of rotatable bonds is 3. The first-order chi connectivity index (χ1) is 7.05. The Morgan fingerprint density at radius 1 is 1.53 bits per heavy atom. The molecule has 0 aromatic carbocycles. The Hall–Kier alpha value is -0.930. The van der Waals surface area contributed by atoms with Crippen LogP contribution in [-0.4, -0.2) is 17.9 Å². The third-order valence-corrected chi connectivity index (χ3v) is 2.83. The molecule has 1 saturated carbocycles. The SMILES string of the molecule is O=C(CC1=CCC(F)(F)CC1)NC1CC1. The number of alkyl halides is 2. The molecule has 0 aromatic heterocycles. The predicted octanol–water partition coefficient (Wildman–Crippen LogP) is 2.40. The smallest absolute Gasteiger partial charge is 0.251 e. The average Bonchev–Trinajstić information content (AvgIpc) is 2.92. The lowest BCUT2D eigenvalue weighted by atomic mass is 9.94. The van der Waals surface area contributed by atoms with Crippen LogP contribution in [0.5, 0.6) is 0 Å². The summed E-state index contributed by atoms with van der Waals surface area (Å²) in [5.74, 6) is -2.58. The summed E-state index contributed by atoms with van der Waals surface area (Å²) in [5.41, 5.74) is 0.860. The van der Waals surface area contributed by atoms with Gasteiger partial charge in [-0.3, -0.25) is 4.79 Å². The molecule has 2 aliphatic carbocycles. The number of carbonyl (C=O) groups excluding carboxylic acids is 1. The maximum absolute atomic E-state index is 12.8. The maximum Gasteiger partial charge on any atom is 0.251 e. The number of allylic oxidation sites excluding steroid dienone is 1. The lowest BCUT2D eigenvalue weighted by molar-refractivity contribution is -0.120. The van der Waals surface area contributed by atoms with Gasteiger partial charge in [0.05, 0.1) is 0 Å². The topological polar surface area (TPSA) is 29.1 Å². The highest BCUT2D eigenvalue weighted by atomic mass is 19.3. The summed E-state index contributed by atoms with van der Waals surface area (Å²) in [6.07, 6.45) is 3.97. The molecule has 15 heavy (non-hydrogen) atoms. The second kappa shape index (κ2) is 3.91. The minimum absolute atomic E-state index is 0.0195. The number of halogens is 2. The summed E-state index contributed by atoms with van der Waals surface area (Å²) in [6, 6.07) is 0.350. The van der Waals surface area contributed by atoms with Gasteiger partial charge in [-0.25, -0.2) is 8.78 Å². The number of hydrogen-bond acceptors (Lipinski definition) is 1. The highest BCUT2D eigenvalue weighted by Gasteiger charge is 2.31. The third-order valence-electron chi connectivity index (χ3n) is 2.83. The van der Waals surface area contributed by atoms with Crippen LogP contribution in [0.1, 0.15) is 38.5 Å². The molecule has 0 aliphatic heterocycles. The Balaban J connectivity index is 1.79. The molecule has 2 rings (SSSR count). The van der Waals surface area contributed by atoms with Gasteiger partial charge in [-0.05, 0) is 19.3 Å². The van der Waals surface area contributed by atoms with E-state index in [2.05, 4.69) is 5.32 Å². The third kappa shape index (κ3) is 3.29. The molecule has 2 nitrogen and oxygen atoms in total. The van der Waals surface area contributed by atoms with E-state index in [9.17, 15) is 13.6 Å². The lowest BCUT2D eigenvalue weighted by Crippen LogP contribution is -2.27. The standard InChI is InChI=1S/C11H15F2NO/c12-11(13)5-3-8(4-6-11)7-10(15)14-9-1-2-9/h3,9H,1-2,4-7H2,(H,14,15). The predicted molar refractivity (Wildman–Crippen MR) is 52.7 cm³/mol. The fraction of sp³-hybridized carbons (Fsp3) is 0.727. The molecule has 1 amide bonds. The largest absolute Gasteiger partial charge is 0.353 e. The van der Waals surface area contributed by atoms with Crippen molar-refractivity contribution in [2.24, 2.45) is 0 Å². The van der Waals surface area contributed by atoms with Crippen molar-refractivity contribution in [3.63, 3.8) is 0 Å². The summed E-state index contributed by atoms with van der Waals surface area (Å²) in [5, 5.41) is 2.85. The van der Waals surface area contributed by atoms with Gasteiger partial charge >= 0.3 is 0 Å². The van der Waals surface area contributed by atoms with E-state index in [1.165, 1.54) is 6.08 Å². The molecule has 2 aliphatic rings. The van der Waals surface area contributed by atoms with Crippen LogP contribution in [0.2, 0.25) is 0 Å². The minimum atomic E-state index is -2.56. The zero-order valence-electron chi connectivity index (χ0n) is 8.56. The molecule has 84 valence electrons.